The van der Waals surface area contributed by atoms with Crippen LogP contribution in [0.1, 0.15) is 156 Å². The van der Waals surface area contributed by atoms with Crippen molar-refractivity contribution in [2.75, 3.05) is 0 Å². The van der Waals surface area contributed by atoms with E-state index in [1.165, 1.54) is 76.5 Å². The van der Waals surface area contributed by atoms with Crippen LogP contribution in [0.15, 0.2) is 269 Å². The average molecular weight is 1390 g/mol. The van der Waals surface area contributed by atoms with Gasteiger partial charge in [0.2, 0.25) is 0 Å². The first-order chi connectivity index (χ1) is 50.9. The first-order valence-electron chi connectivity index (χ1n) is 36.8. The molecule has 0 saturated heterocycles. The molecule has 16 rings (SSSR count). The summed E-state index contributed by atoms with van der Waals surface area (Å²) in [6, 6.07) is 61.5. The summed E-state index contributed by atoms with van der Waals surface area (Å²) in [6.45, 7) is 48.4. The topological polar surface area (TPSA) is 155 Å². The van der Waals surface area contributed by atoms with Crippen LogP contribution >= 0.6 is 0 Å². The van der Waals surface area contributed by atoms with Crippen molar-refractivity contribution >= 4 is 86.7 Å². The van der Waals surface area contributed by atoms with Gasteiger partial charge in [0.05, 0.1) is 22.1 Å². The number of aromatic nitrogens is 12. The Morgan fingerprint density at radius 1 is 0.212 bits per heavy atom. The van der Waals surface area contributed by atoms with Gasteiger partial charge in [-0.3, -0.25) is 19.9 Å². The molecule has 0 unspecified atom stereocenters. The summed E-state index contributed by atoms with van der Waals surface area (Å²) >= 11 is 0. The molecule has 0 aliphatic heterocycles. The van der Waals surface area contributed by atoms with Crippen LogP contribution in [0.5, 0.6) is 0 Å². The Hall–Kier alpha value is -11.2. The van der Waals surface area contributed by atoms with Gasteiger partial charge in [-0.25, -0.2) is 39.9 Å². The summed E-state index contributed by atoms with van der Waals surface area (Å²) in [4.78, 5) is 49.0. The van der Waals surface area contributed by atoms with E-state index in [4.69, 9.17) is 0 Å². The molecule has 0 aliphatic rings. The summed E-state index contributed by atoms with van der Waals surface area (Å²) in [5.74, 6) is 0.823. The molecule has 8 aromatic carbocycles. The summed E-state index contributed by atoms with van der Waals surface area (Å²) < 4.78 is 0. The molecule has 16 aromatic rings. The van der Waals surface area contributed by atoms with Gasteiger partial charge in [0, 0.05) is 117 Å². The predicted octanol–water partition coefficient (Wildman–Crippen LogP) is 26.1. The van der Waals surface area contributed by atoms with Crippen LogP contribution < -0.4 is 0 Å². The lowest BCUT2D eigenvalue weighted by molar-refractivity contribution is 1.09. The number of benzene rings is 8. The van der Waals surface area contributed by atoms with Crippen LogP contribution in [0.2, 0.25) is 0 Å². The highest BCUT2D eigenvalue weighted by atomic mass is 14.9. The van der Waals surface area contributed by atoms with Crippen LogP contribution in [0, 0.1) is 55.4 Å². The van der Waals surface area contributed by atoms with Crippen LogP contribution in [0.3, 0.4) is 0 Å². The maximum absolute atomic E-state index is 4.26. The van der Waals surface area contributed by atoms with Crippen molar-refractivity contribution in [3.63, 3.8) is 0 Å². The minimum absolute atomic E-state index is 0.823. The van der Waals surface area contributed by atoms with Crippen molar-refractivity contribution in [1.29, 1.82) is 0 Å². The maximum Gasteiger partial charge on any atom is 0.125 e. The quantitative estimate of drug-likeness (QED) is 0.142. The average Bonchev–Trinajstić information content (AvgIpc) is 0.866. The molecule has 0 N–H and O–H groups in total. The Kier molecular flexibility index (Phi) is 48.4. The van der Waals surface area contributed by atoms with Crippen LogP contribution in [-0.2, 0) is 0 Å². The number of hydrogen-bond donors (Lipinski definition) is 0. The summed E-state index contributed by atoms with van der Waals surface area (Å²) in [5, 5.41) is 14.4. The minimum atomic E-state index is 0.823. The second-order valence-corrected chi connectivity index (χ2v) is 20.9. The fraction of sp³-hybridized carbons (Fsp3) is 0.261. The van der Waals surface area contributed by atoms with Crippen molar-refractivity contribution in [3.8, 4) is 0 Å². The zero-order chi connectivity index (χ0) is 77.5. The summed E-state index contributed by atoms with van der Waals surface area (Å²) in [7, 11) is 0. The molecule has 0 spiro atoms. The molecule has 544 valence electrons. The zero-order valence-corrected chi connectivity index (χ0v) is 66.8. The predicted molar refractivity (Wildman–Crippen MR) is 454 cm³/mol. The van der Waals surface area contributed by atoms with Crippen molar-refractivity contribution in [2.24, 2.45) is 0 Å². The molecule has 0 fully saturated rings. The van der Waals surface area contributed by atoms with E-state index < -0.39 is 0 Å². The van der Waals surface area contributed by atoms with Crippen molar-refractivity contribution in [3.05, 3.63) is 314 Å². The lowest BCUT2D eigenvalue weighted by Crippen LogP contribution is -1.86. The molecular formula is C92H116N12. The van der Waals surface area contributed by atoms with E-state index in [-0.39, 0.29) is 0 Å². The van der Waals surface area contributed by atoms with E-state index in [2.05, 4.69) is 192 Å². The highest BCUT2D eigenvalue weighted by molar-refractivity contribution is 5.87. The molecule has 0 aliphatic carbocycles. The lowest BCUT2D eigenvalue weighted by Gasteiger charge is -1.98. The van der Waals surface area contributed by atoms with Crippen LogP contribution in [-0.4, -0.2) is 59.8 Å². The zero-order valence-electron chi connectivity index (χ0n) is 66.8. The molecule has 0 radical (unpaired) electrons. The second-order valence-electron chi connectivity index (χ2n) is 20.9. The monoisotopic (exact) mass is 1390 g/mol. The highest BCUT2D eigenvalue weighted by Crippen LogP contribution is 2.19. The van der Waals surface area contributed by atoms with Gasteiger partial charge in [-0.15, -0.1) is 0 Å². The largest absolute Gasteiger partial charge is 0.264 e. The van der Waals surface area contributed by atoms with Gasteiger partial charge in [-0.1, -0.05) is 249 Å². The van der Waals surface area contributed by atoms with Crippen molar-refractivity contribution < 1.29 is 0 Å². The molecule has 12 nitrogen and oxygen atoms in total. The molecule has 0 atom stereocenters. The smallest absolute Gasteiger partial charge is 0.125 e. The van der Waals surface area contributed by atoms with E-state index in [1.54, 1.807) is 19.0 Å². The van der Waals surface area contributed by atoms with Crippen LogP contribution in [0.4, 0.5) is 0 Å². The third kappa shape index (κ3) is 31.3. The molecule has 104 heavy (non-hydrogen) atoms. The Morgan fingerprint density at radius 2 is 0.625 bits per heavy atom. The van der Waals surface area contributed by atoms with Gasteiger partial charge >= 0.3 is 0 Å². The van der Waals surface area contributed by atoms with Crippen LogP contribution in [0.25, 0.3) is 86.7 Å². The van der Waals surface area contributed by atoms with Crippen molar-refractivity contribution in [2.45, 2.75) is 166 Å². The van der Waals surface area contributed by atoms with E-state index in [9.17, 15) is 0 Å². The normalized spacial score (nSPS) is 9.15. The number of pyridine rings is 4. The molecule has 8 heterocycles. The van der Waals surface area contributed by atoms with E-state index >= 15 is 0 Å². The third-order valence-electron chi connectivity index (χ3n) is 14.2. The number of aryl methyl sites for hydroxylation is 8. The highest BCUT2D eigenvalue weighted by Gasteiger charge is 1.99. The first-order valence-corrected chi connectivity index (χ1v) is 36.8. The van der Waals surface area contributed by atoms with Gasteiger partial charge in [-0.05, 0) is 154 Å². The first kappa shape index (κ1) is 90.8. The van der Waals surface area contributed by atoms with E-state index in [1.807, 2.05) is 284 Å². The molecular weight excluding hydrogens is 1270 g/mol. The summed E-state index contributed by atoms with van der Waals surface area (Å²) in [5.41, 5.74) is 12.7. The number of nitrogens with zero attached hydrogens (tertiary/aromatic N) is 12. The lowest BCUT2D eigenvalue weighted by atomic mass is 10.1. The Bertz CT molecular complexity index is 4240. The maximum atomic E-state index is 4.26. The standard InChI is InChI=1S/4C10H9N.4C9H8N2.8C2H6/c1-8-2-3-10-7-11-5-4-9(10)6-8;1-8-2-3-9-4-5-11-7-10(9)6-8;1-8-3-2-4-9-7-11-6-5-10(8)9;1-8-3-2-4-9-5-6-11-7-10(8)9;1-7-2-3-9-8(4-7)5-10-6-11-9;1-7-3-2-4-9-8(7)5-10-6-11-9;1-7-8-4-2-3-5-9(8)11-6-10-7;1-7-10-6-8-4-2-3-5-9(8)11-7;8*1-2/h4*2-7H,1H3;4*2-6H,1H3;8*1-2H3. The molecule has 8 aromatic heterocycles. The van der Waals surface area contributed by atoms with Gasteiger partial charge in [0.15, 0.2) is 0 Å². The van der Waals surface area contributed by atoms with Gasteiger partial charge in [-0.2, -0.15) is 0 Å². The third-order valence-corrected chi connectivity index (χ3v) is 14.2. The molecule has 0 bridgehead atoms. The second kappa shape index (κ2) is 55.4. The fourth-order valence-corrected chi connectivity index (χ4v) is 9.41. The number of para-hydroxylation sites is 2. The number of hydrogen-bond acceptors (Lipinski definition) is 12. The van der Waals surface area contributed by atoms with Crippen molar-refractivity contribution in [1.82, 2.24) is 59.8 Å². The SMILES string of the molecule is CC.CC.CC.CC.CC.CC.CC.CC.Cc1ccc2ccncc2c1.Cc1ccc2cnccc2c1.Cc1ccc2ncncc2c1.Cc1cccc2ccncc12.Cc1cccc2cnccc12.Cc1cccc2ncncc12.Cc1ncc2ccccc2n1.Cc1ncnc2ccccc12. The fourth-order valence-electron chi connectivity index (χ4n) is 9.41. The molecule has 0 amide bonds. The minimum Gasteiger partial charge on any atom is -0.264 e. The Labute approximate surface area is 623 Å². The Balaban J connectivity index is 0.000000578. The molecule has 0 saturated carbocycles. The number of fused-ring (bicyclic) bond motifs is 8. The van der Waals surface area contributed by atoms with Gasteiger partial charge in [0.25, 0.3) is 0 Å². The number of rotatable bonds is 0. The Morgan fingerprint density at radius 3 is 1.24 bits per heavy atom. The van der Waals surface area contributed by atoms with E-state index in [0.717, 1.165) is 55.1 Å². The van der Waals surface area contributed by atoms with E-state index in [0.29, 0.717) is 0 Å². The molecule has 12 heteroatoms. The van der Waals surface area contributed by atoms with Gasteiger partial charge < -0.3 is 0 Å². The summed E-state index contributed by atoms with van der Waals surface area (Å²) in [6.07, 6.45) is 25.1. The van der Waals surface area contributed by atoms with Gasteiger partial charge in [0.1, 0.15) is 24.8 Å².